The predicted octanol–water partition coefficient (Wildman–Crippen LogP) is 17.5. The molecule has 0 saturated carbocycles. The molecule has 0 atom stereocenters. The highest BCUT2D eigenvalue weighted by Crippen LogP contribution is 2.38. The minimum atomic E-state index is 0.684. The fourth-order valence-electron chi connectivity index (χ4n) is 9.03. The van der Waals surface area contributed by atoms with Crippen molar-refractivity contribution in [3.63, 3.8) is 0 Å². The lowest BCUT2D eigenvalue weighted by molar-refractivity contribution is 0.664. The van der Waals surface area contributed by atoms with Crippen molar-refractivity contribution < 1.29 is 0 Å². The average Bonchev–Trinajstić information content (AvgIpc) is 3.32. The standard InChI is InChI=1S/C61H71N3/c1-8-11-14-17-20-47-26-31-50(32-27-47)60-62-59(49-28-23-43(4)24-29-49)63-61(64-60)51-35-33-48(34-36-51)56-38-37-55(40-46(56)7)58-42-52(21-18-15-12-9-2)57(41-53(58)22-19-16-13-10-3)54-30-25-44(5)45(6)39-54/h23-42H,8-22H2,1-7H3. The highest BCUT2D eigenvalue weighted by atomic mass is 15.0. The molecule has 0 N–H and O–H groups in total. The first-order valence-corrected chi connectivity index (χ1v) is 24.6. The van der Waals surface area contributed by atoms with Crippen LogP contribution in [0.5, 0.6) is 0 Å². The molecule has 0 bridgehead atoms. The van der Waals surface area contributed by atoms with Gasteiger partial charge in [0, 0.05) is 16.7 Å². The molecule has 6 aromatic carbocycles. The SMILES string of the molecule is CCCCCCc1ccc(-c2nc(-c3ccc(C)cc3)nc(-c3ccc(-c4ccc(-c5cc(CCCCCC)c(-c6ccc(C)c(C)c6)cc5CCCCCC)cc4C)cc3)n2)cc1. The Bertz CT molecular complexity index is 2580. The van der Waals surface area contributed by atoms with Crippen LogP contribution in [0.2, 0.25) is 0 Å². The van der Waals surface area contributed by atoms with Gasteiger partial charge in [-0.2, -0.15) is 0 Å². The topological polar surface area (TPSA) is 38.7 Å². The molecule has 7 aromatic rings. The van der Waals surface area contributed by atoms with Gasteiger partial charge in [-0.1, -0.05) is 205 Å². The van der Waals surface area contributed by atoms with E-state index >= 15 is 0 Å². The molecule has 0 spiro atoms. The molecular weight excluding hydrogens is 775 g/mol. The third-order valence-corrected chi connectivity index (χ3v) is 13.2. The van der Waals surface area contributed by atoms with Crippen LogP contribution in [0.1, 0.15) is 137 Å². The molecule has 330 valence electrons. The smallest absolute Gasteiger partial charge is 0.164 e. The van der Waals surface area contributed by atoms with Gasteiger partial charge in [0.15, 0.2) is 17.5 Å². The quantitative estimate of drug-likeness (QED) is 0.0677. The maximum Gasteiger partial charge on any atom is 0.164 e. The average molecular weight is 846 g/mol. The molecule has 0 aliphatic heterocycles. The van der Waals surface area contributed by atoms with Gasteiger partial charge < -0.3 is 0 Å². The van der Waals surface area contributed by atoms with Crippen molar-refractivity contribution in [3.05, 3.63) is 160 Å². The fraction of sp³-hybridized carbons (Fsp3) is 0.361. The summed E-state index contributed by atoms with van der Waals surface area (Å²) in [6.07, 6.45) is 18.4. The summed E-state index contributed by atoms with van der Waals surface area (Å²) >= 11 is 0. The summed E-state index contributed by atoms with van der Waals surface area (Å²) in [6.45, 7) is 15.7. The number of hydrogen-bond donors (Lipinski definition) is 0. The van der Waals surface area contributed by atoms with Crippen molar-refractivity contribution in [2.24, 2.45) is 0 Å². The van der Waals surface area contributed by atoms with Crippen molar-refractivity contribution >= 4 is 0 Å². The lowest BCUT2D eigenvalue weighted by Crippen LogP contribution is -2.00. The van der Waals surface area contributed by atoms with E-state index in [0.29, 0.717) is 17.5 Å². The van der Waals surface area contributed by atoms with Crippen LogP contribution in [-0.2, 0) is 19.3 Å². The molecule has 0 saturated heterocycles. The molecule has 0 amide bonds. The normalized spacial score (nSPS) is 11.4. The van der Waals surface area contributed by atoms with Gasteiger partial charge in [0.2, 0.25) is 0 Å². The van der Waals surface area contributed by atoms with Gasteiger partial charge in [-0.3, -0.25) is 0 Å². The zero-order valence-corrected chi connectivity index (χ0v) is 40.0. The minimum Gasteiger partial charge on any atom is -0.208 e. The summed E-state index contributed by atoms with van der Waals surface area (Å²) in [6, 6.07) is 45.4. The van der Waals surface area contributed by atoms with E-state index in [1.807, 2.05) is 0 Å². The first kappa shape index (κ1) is 46.3. The number of nitrogens with zero attached hydrogens (tertiary/aromatic N) is 3. The van der Waals surface area contributed by atoms with Crippen LogP contribution in [0.25, 0.3) is 67.5 Å². The molecule has 1 heterocycles. The van der Waals surface area contributed by atoms with Crippen LogP contribution in [0.3, 0.4) is 0 Å². The van der Waals surface area contributed by atoms with Gasteiger partial charge in [-0.05, 0) is 133 Å². The number of aromatic nitrogens is 3. The monoisotopic (exact) mass is 846 g/mol. The fourth-order valence-corrected chi connectivity index (χ4v) is 9.03. The van der Waals surface area contributed by atoms with Gasteiger partial charge in [0.25, 0.3) is 0 Å². The highest BCUT2D eigenvalue weighted by molar-refractivity contribution is 5.80. The van der Waals surface area contributed by atoms with Crippen LogP contribution >= 0.6 is 0 Å². The summed E-state index contributed by atoms with van der Waals surface area (Å²) in [5, 5.41) is 0. The van der Waals surface area contributed by atoms with E-state index in [0.717, 1.165) is 36.0 Å². The van der Waals surface area contributed by atoms with Crippen molar-refractivity contribution in [2.45, 2.75) is 145 Å². The summed E-state index contributed by atoms with van der Waals surface area (Å²) < 4.78 is 0. The van der Waals surface area contributed by atoms with E-state index in [1.54, 1.807) is 0 Å². The summed E-state index contributed by atoms with van der Waals surface area (Å²) in [5.41, 5.74) is 20.4. The summed E-state index contributed by atoms with van der Waals surface area (Å²) in [7, 11) is 0. The van der Waals surface area contributed by atoms with Crippen LogP contribution in [0, 0.1) is 27.7 Å². The number of hydrogen-bond acceptors (Lipinski definition) is 3. The molecule has 1 aromatic heterocycles. The van der Waals surface area contributed by atoms with E-state index in [4.69, 9.17) is 15.0 Å². The Kier molecular flexibility index (Phi) is 16.5. The second-order valence-electron chi connectivity index (χ2n) is 18.4. The molecule has 7 rings (SSSR count). The lowest BCUT2D eigenvalue weighted by atomic mass is 9.85. The Morgan fingerprint density at radius 1 is 0.312 bits per heavy atom. The lowest BCUT2D eigenvalue weighted by Gasteiger charge is -2.19. The summed E-state index contributed by atoms with van der Waals surface area (Å²) in [5.74, 6) is 2.07. The first-order chi connectivity index (χ1) is 31.2. The Morgan fingerprint density at radius 3 is 1.19 bits per heavy atom. The minimum absolute atomic E-state index is 0.684. The van der Waals surface area contributed by atoms with Crippen molar-refractivity contribution in [1.29, 1.82) is 0 Å². The number of rotatable bonds is 21. The number of aryl methyl sites for hydroxylation is 7. The Labute approximate surface area is 385 Å². The Balaban J connectivity index is 1.20. The third kappa shape index (κ3) is 11.9. The maximum absolute atomic E-state index is 5.08. The van der Waals surface area contributed by atoms with Gasteiger partial charge in [-0.15, -0.1) is 0 Å². The molecule has 0 unspecified atom stereocenters. The first-order valence-electron chi connectivity index (χ1n) is 24.6. The van der Waals surface area contributed by atoms with Crippen LogP contribution in [0.15, 0.2) is 121 Å². The van der Waals surface area contributed by atoms with Crippen LogP contribution < -0.4 is 0 Å². The van der Waals surface area contributed by atoms with E-state index in [-0.39, 0.29) is 0 Å². The van der Waals surface area contributed by atoms with Crippen molar-refractivity contribution in [3.8, 4) is 67.5 Å². The van der Waals surface area contributed by atoms with E-state index < -0.39 is 0 Å². The van der Waals surface area contributed by atoms with E-state index in [2.05, 4.69) is 170 Å². The van der Waals surface area contributed by atoms with E-state index in [1.165, 1.54) is 149 Å². The largest absolute Gasteiger partial charge is 0.208 e. The molecule has 0 aliphatic rings. The number of unbranched alkanes of at least 4 members (excludes halogenated alkanes) is 9. The maximum atomic E-state index is 5.08. The second kappa shape index (κ2) is 22.8. The van der Waals surface area contributed by atoms with Gasteiger partial charge in [0.05, 0.1) is 0 Å². The number of benzene rings is 6. The molecule has 0 aliphatic carbocycles. The van der Waals surface area contributed by atoms with Gasteiger partial charge in [0.1, 0.15) is 0 Å². The predicted molar refractivity (Wildman–Crippen MR) is 275 cm³/mol. The van der Waals surface area contributed by atoms with Crippen LogP contribution in [-0.4, -0.2) is 15.0 Å². The zero-order chi connectivity index (χ0) is 44.8. The molecular formula is C61H71N3. The zero-order valence-electron chi connectivity index (χ0n) is 40.0. The molecule has 64 heavy (non-hydrogen) atoms. The molecule has 3 nitrogen and oxygen atoms in total. The Morgan fingerprint density at radius 2 is 0.719 bits per heavy atom. The molecule has 0 radical (unpaired) electrons. The van der Waals surface area contributed by atoms with Crippen molar-refractivity contribution in [2.75, 3.05) is 0 Å². The Hall–Kier alpha value is -5.67. The van der Waals surface area contributed by atoms with Crippen molar-refractivity contribution in [1.82, 2.24) is 15.0 Å². The van der Waals surface area contributed by atoms with Gasteiger partial charge in [-0.25, -0.2) is 15.0 Å². The molecule has 0 fully saturated rings. The summed E-state index contributed by atoms with van der Waals surface area (Å²) in [4.78, 5) is 15.2. The van der Waals surface area contributed by atoms with E-state index in [9.17, 15) is 0 Å². The van der Waals surface area contributed by atoms with Gasteiger partial charge >= 0.3 is 0 Å². The van der Waals surface area contributed by atoms with Crippen LogP contribution in [0.4, 0.5) is 0 Å². The third-order valence-electron chi connectivity index (χ3n) is 13.2. The highest BCUT2D eigenvalue weighted by Gasteiger charge is 2.17. The molecule has 3 heteroatoms. The second-order valence-corrected chi connectivity index (χ2v) is 18.4.